The van der Waals surface area contributed by atoms with Gasteiger partial charge in [-0.15, -0.1) is 0 Å². The standard InChI is InChI=1S/C18H24F3N3O3S/c1-13-15(2-3-16(22-13)18(19,20)21)28(25,26)24-11-17(12-24)6-7-23(10-17)14-4-8-27-9-5-14/h2-3,14H,4-12H2,1H3. The molecule has 3 fully saturated rings. The molecule has 10 heteroatoms. The van der Waals surface area contributed by atoms with Crippen LogP contribution >= 0.6 is 0 Å². The fraction of sp³-hybridized carbons (Fsp3) is 0.722. The van der Waals surface area contributed by atoms with Crippen LogP contribution in [0, 0.1) is 12.3 Å². The molecule has 3 saturated heterocycles. The molecular formula is C18H24F3N3O3S. The van der Waals surface area contributed by atoms with Gasteiger partial charge in [0.25, 0.3) is 0 Å². The minimum Gasteiger partial charge on any atom is -0.381 e. The van der Waals surface area contributed by atoms with Crippen molar-refractivity contribution < 1.29 is 26.3 Å². The van der Waals surface area contributed by atoms with E-state index in [1.54, 1.807) is 0 Å². The van der Waals surface area contributed by atoms with Crippen molar-refractivity contribution in [3.8, 4) is 0 Å². The van der Waals surface area contributed by atoms with E-state index in [0.29, 0.717) is 19.1 Å². The molecule has 0 atom stereocenters. The minimum atomic E-state index is -4.59. The Kier molecular flexibility index (Phi) is 4.96. The molecule has 3 aliphatic rings. The molecule has 6 nitrogen and oxygen atoms in total. The fourth-order valence-electron chi connectivity index (χ4n) is 4.58. The summed E-state index contributed by atoms with van der Waals surface area (Å²) in [6, 6.07) is 2.26. The summed E-state index contributed by atoms with van der Waals surface area (Å²) in [4.78, 5) is 5.76. The van der Waals surface area contributed by atoms with E-state index in [1.165, 1.54) is 11.2 Å². The molecule has 4 heterocycles. The van der Waals surface area contributed by atoms with Crippen molar-refractivity contribution in [3.05, 3.63) is 23.5 Å². The molecule has 4 rings (SSSR count). The largest absolute Gasteiger partial charge is 0.433 e. The van der Waals surface area contributed by atoms with Crippen molar-refractivity contribution in [1.29, 1.82) is 0 Å². The van der Waals surface area contributed by atoms with Gasteiger partial charge in [-0.05, 0) is 44.9 Å². The van der Waals surface area contributed by atoms with Crippen molar-refractivity contribution in [2.24, 2.45) is 5.41 Å². The Balaban J connectivity index is 1.44. The third-order valence-electron chi connectivity index (χ3n) is 6.14. The third kappa shape index (κ3) is 3.55. The van der Waals surface area contributed by atoms with Gasteiger partial charge in [-0.2, -0.15) is 17.5 Å². The topological polar surface area (TPSA) is 62.7 Å². The van der Waals surface area contributed by atoms with Gasteiger partial charge < -0.3 is 4.74 Å². The van der Waals surface area contributed by atoms with Crippen molar-refractivity contribution in [1.82, 2.24) is 14.2 Å². The quantitative estimate of drug-likeness (QED) is 0.752. The van der Waals surface area contributed by atoms with Crippen molar-refractivity contribution in [3.63, 3.8) is 0 Å². The number of nitrogens with zero attached hydrogens (tertiary/aromatic N) is 3. The number of ether oxygens (including phenoxy) is 1. The van der Waals surface area contributed by atoms with Crippen molar-refractivity contribution >= 4 is 10.0 Å². The first-order chi connectivity index (χ1) is 13.1. The summed E-state index contributed by atoms with van der Waals surface area (Å²) in [5, 5.41) is 0. The van der Waals surface area contributed by atoms with E-state index in [2.05, 4.69) is 9.88 Å². The van der Waals surface area contributed by atoms with Gasteiger partial charge in [0.2, 0.25) is 10.0 Å². The molecule has 0 N–H and O–H groups in total. The molecule has 0 saturated carbocycles. The zero-order valence-corrected chi connectivity index (χ0v) is 16.5. The van der Waals surface area contributed by atoms with Crippen LogP contribution in [0.3, 0.4) is 0 Å². The highest BCUT2D eigenvalue weighted by atomic mass is 32.2. The SMILES string of the molecule is Cc1nc(C(F)(F)F)ccc1S(=O)(=O)N1CC2(CCN(C3CCOCC3)C2)C1. The number of sulfonamides is 1. The molecule has 1 aromatic rings. The van der Waals surface area contributed by atoms with E-state index in [0.717, 1.165) is 57.7 Å². The minimum absolute atomic E-state index is 0.0430. The normalized spacial score (nSPS) is 24.6. The first kappa shape index (κ1) is 20.1. The molecule has 0 radical (unpaired) electrons. The van der Waals surface area contributed by atoms with Gasteiger partial charge in [0.05, 0.1) is 5.69 Å². The highest BCUT2D eigenvalue weighted by molar-refractivity contribution is 7.89. The smallest absolute Gasteiger partial charge is 0.381 e. The average Bonchev–Trinajstić information content (AvgIpc) is 3.06. The van der Waals surface area contributed by atoms with E-state index in [4.69, 9.17) is 4.74 Å². The van der Waals surface area contributed by atoms with Crippen LogP contribution in [-0.2, 0) is 20.9 Å². The van der Waals surface area contributed by atoms with Gasteiger partial charge >= 0.3 is 6.18 Å². The first-order valence-corrected chi connectivity index (χ1v) is 10.9. The molecule has 1 aromatic heterocycles. The zero-order valence-electron chi connectivity index (χ0n) is 15.7. The number of hydrogen-bond acceptors (Lipinski definition) is 5. The zero-order chi connectivity index (χ0) is 20.2. The molecule has 0 aromatic carbocycles. The molecule has 0 unspecified atom stereocenters. The van der Waals surface area contributed by atoms with Gasteiger partial charge in [-0.25, -0.2) is 13.4 Å². The third-order valence-corrected chi connectivity index (χ3v) is 8.07. The lowest BCUT2D eigenvalue weighted by Crippen LogP contribution is -2.59. The Morgan fingerprint density at radius 1 is 1.18 bits per heavy atom. The van der Waals surface area contributed by atoms with Crippen molar-refractivity contribution in [2.45, 2.75) is 43.3 Å². The van der Waals surface area contributed by atoms with E-state index in [-0.39, 0.29) is 16.0 Å². The van der Waals surface area contributed by atoms with Crippen LogP contribution in [0.5, 0.6) is 0 Å². The molecule has 0 amide bonds. The monoisotopic (exact) mass is 419 g/mol. The Morgan fingerprint density at radius 2 is 1.86 bits per heavy atom. The summed E-state index contributed by atoms with van der Waals surface area (Å²) in [7, 11) is -3.84. The van der Waals surface area contributed by atoms with Crippen LogP contribution in [0.25, 0.3) is 0 Å². The number of hydrogen-bond donors (Lipinski definition) is 0. The van der Waals surface area contributed by atoms with E-state index in [1.807, 2.05) is 0 Å². The van der Waals surface area contributed by atoms with Crippen LogP contribution in [0.15, 0.2) is 17.0 Å². The first-order valence-electron chi connectivity index (χ1n) is 9.48. The maximum atomic E-state index is 12.9. The van der Waals surface area contributed by atoms with Gasteiger partial charge in [0, 0.05) is 44.3 Å². The van der Waals surface area contributed by atoms with Crippen LogP contribution in [0.4, 0.5) is 13.2 Å². The van der Waals surface area contributed by atoms with Gasteiger partial charge in [-0.3, -0.25) is 4.90 Å². The number of halogens is 3. The Morgan fingerprint density at radius 3 is 2.46 bits per heavy atom. The number of aromatic nitrogens is 1. The van der Waals surface area contributed by atoms with Crippen molar-refractivity contribution in [2.75, 3.05) is 39.4 Å². The number of aryl methyl sites for hydroxylation is 1. The number of alkyl halides is 3. The summed E-state index contributed by atoms with van der Waals surface area (Å²) in [5.41, 5.74) is -1.24. The average molecular weight is 419 g/mol. The molecule has 0 aliphatic carbocycles. The Labute approximate surface area is 162 Å². The summed E-state index contributed by atoms with van der Waals surface area (Å²) < 4.78 is 70.9. The van der Waals surface area contributed by atoms with Gasteiger partial charge in [-0.1, -0.05) is 0 Å². The Bertz CT molecular complexity index is 847. The number of likely N-dealkylation sites (tertiary alicyclic amines) is 1. The molecule has 28 heavy (non-hydrogen) atoms. The van der Waals surface area contributed by atoms with Crippen LogP contribution < -0.4 is 0 Å². The predicted molar refractivity (Wildman–Crippen MR) is 95.2 cm³/mol. The van der Waals surface area contributed by atoms with E-state index >= 15 is 0 Å². The summed E-state index contributed by atoms with van der Waals surface area (Å²) in [5.74, 6) is 0. The summed E-state index contributed by atoms with van der Waals surface area (Å²) in [6.45, 7) is 5.50. The van der Waals surface area contributed by atoms with E-state index < -0.39 is 21.9 Å². The molecule has 156 valence electrons. The lowest BCUT2D eigenvalue weighted by molar-refractivity contribution is -0.141. The van der Waals surface area contributed by atoms with Crippen LogP contribution in [0.2, 0.25) is 0 Å². The highest BCUT2D eigenvalue weighted by Crippen LogP contribution is 2.43. The predicted octanol–water partition coefficient (Wildman–Crippen LogP) is 2.28. The maximum absolute atomic E-state index is 12.9. The summed E-state index contributed by atoms with van der Waals surface area (Å²) in [6.07, 6.45) is -1.63. The maximum Gasteiger partial charge on any atom is 0.433 e. The van der Waals surface area contributed by atoms with E-state index in [9.17, 15) is 21.6 Å². The number of pyridine rings is 1. The van der Waals surface area contributed by atoms with Crippen LogP contribution in [0.1, 0.15) is 30.7 Å². The fourth-order valence-corrected chi connectivity index (χ4v) is 6.40. The lowest BCUT2D eigenvalue weighted by Gasteiger charge is -2.47. The van der Waals surface area contributed by atoms with Gasteiger partial charge in [0.15, 0.2) is 0 Å². The van der Waals surface area contributed by atoms with Gasteiger partial charge in [0.1, 0.15) is 10.6 Å². The lowest BCUT2D eigenvalue weighted by atomic mass is 9.81. The molecule has 3 aliphatic heterocycles. The molecular weight excluding hydrogens is 395 g/mol. The summed E-state index contributed by atoms with van der Waals surface area (Å²) >= 11 is 0. The number of rotatable bonds is 3. The molecule has 0 bridgehead atoms. The van der Waals surface area contributed by atoms with Crippen LogP contribution in [-0.4, -0.2) is 68.0 Å². The highest BCUT2D eigenvalue weighted by Gasteiger charge is 2.52. The Hall–Kier alpha value is -1.23. The molecule has 1 spiro atoms. The second-order valence-corrected chi connectivity index (χ2v) is 10.0. The second-order valence-electron chi connectivity index (χ2n) is 8.11. The second kappa shape index (κ2) is 6.93.